The van der Waals surface area contributed by atoms with Crippen molar-refractivity contribution >= 4 is 5.91 Å². The maximum Gasteiger partial charge on any atom is 0.271 e. The van der Waals surface area contributed by atoms with E-state index < -0.39 is 0 Å². The van der Waals surface area contributed by atoms with Crippen molar-refractivity contribution in [3.05, 3.63) is 18.0 Å². The summed E-state index contributed by atoms with van der Waals surface area (Å²) >= 11 is 0. The van der Waals surface area contributed by atoms with Crippen LogP contribution in [0.3, 0.4) is 0 Å². The van der Waals surface area contributed by atoms with Crippen LogP contribution >= 0.6 is 0 Å². The van der Waals surface area contributed by atoms with Crippen LogP contribution in [0.5, 0.6) is 0 Å². The number of nitrogens with one attached hydrogen (secondary N) is 2. The number of carbonyl (C=O) groups excluding carboxylic acids is 1. The average molecular weight is 376 g/mol. The first-order chi connectivity index (χ1) is 13.3. The predicted octanol–water partition coefficient (Wildman–Crippen LogP) is 1.57. The summed E-state index contributed by atoms with van der Waals surface area (Å²) in [5.41, 5.74) is 0.626. The Hall–Kier alpha value is -1.44. The third-order valence-corrected chi connectivity index (χ3v) is 6.53. The van der Waals surface area contributed by atoms with Crippen molar-refractivity contribution in [2.75, 3.05) is 45.9 Å². The zero-order chi connectivity index (χ0) is 18.5. The Labute approximate surface area is 161 Å². The summed E-state index contributed by atoms with van der Waals surface area (Å²) in [4.78, 5) is 15.3. The van der Waals surface area contributed by atoms with Gasteiger partial charge in [0.15, 0.2) is 0 Å². The Morgan fingerprint density at radius 1 is 1.26 bits per heavy atom. The minimum absolute atomic E-state index is 0.0456. The Morgan fingerprint density at radius 2 is 2.07 bits per heavy atom. The second kappa shape index (κ2) is 8.71. The zero-order valence-electron chi connectivity index (χ0n) is 16.3. The Kier molecular flexibility index (Phi) is 6.10. The number of carbonyl (C=O) groups is 1. The van der Waals surface area contributed by atoms with Crippen molar-refractivity contribution < 1.29 is 9.53 Å². The average Bonchev–Trinajstić information content (AvgIpc) is 3.24. The highest BCUT2D eigenvalue weighted by Crippen LogP contribution is 2.34. The second-order valence-corrected chi connectivity index (χ2v) is 8.25. The monoisotopic (exact) mass is 375 g/mol. The highest BCUT2D eigenvalue weighted by Gasteiger charge is 2.39. The summed E-state index contributed by atoms with van der Waals surface area (Å²) in [5, 5.41) is 11.2. The van der Waals surface area contributed by atoms with Gasteiger partial charge < -0.3 is 15.4 Å². The highest BCUT2D eigenvalue weighted by molar-refractivity contribution is 5.92. The molecule has 150 valence electrons. The molecule has 3 aliphatic rings. The minimum atomic E-state index is -0.0456. The van der Waals surface area contributed by atoms with E-state index in [2.05, 4.69) is 20.6 Å². The molecule has 0 spiro atoms. The Balaban J connectivity index is 1.38. The summed E-state index contributed by atoms with van der Waals surface area (Å²) in [6, 6.07) is 2.21. The van der Waals surface area contributed by atoms with Crippen molar-refractivity contribution in [3.63, 3.8) is 0 Å². The molecule has 0 aromatic carbocycles. The largest absolute Gasteiger partial charge is 0.379 e. The molecule has 2 aliphatic heterocycles. The molecule has 2 saturated heterocycles. The van der Waals surface area contributed by atoms with E-state index in [4.69, 9.17) is 4.74 Å². The fourth-order valence-electron chi connectivity index (χ4n) is 4.91. The number of nitrogens with zero attached hydrogens (tertiary/aromatic N) is 3. The summed E-state index contributed by atoms with van der Waals surface area (Å²) in [6.45, 7) is 6.27. The first-order valence-corrected chi connectivity index (χ1v) is 10.6. The maximum absolute atomic E-state index is 12.8. The number of hydrogen-bond acceptors (Lipinski definition) is 5. The molecule has 3 heterocycles. The molecule has 1 amide bonds. The number of piperidine rings is 1. The standard InChI is InChI=1S/C20H33N5O2/c26-19(18-6-10-25(23-18)17-5-4-9-21-15-17)22-16-20(7-2-1-3-8-20)24-11-13-27-14-12-24/h6,10,17,21H,1-5,7-9,11-16H2,(H,22,26). The fraction of sp³-hybridized carbons (Fsp3) is 0.800. The quantitative estimate of drug-likeness (QED) is 0.818. The Bertz CT molecular complexity index is 614. The Morgan fingerprint density at radius 3 is 2.81 bits per heavy atom. The molecule has 1 saturated carbocycles. The molecular formula is C20H33N5O2. The van der Waals surface area contributed by atoms with Crippen molar-refractivity contribution in [2.45, 2.75) is 56.5 Å². The lowest BCUT2D eigenvalue weighted by atomic mass is 9.79. The number of amides is 1. The van der Waals surface area contributed by atoms with Crippen LogP contribution in [-0.4, -0.2) is 72.1 Å². The number of rotatable bonds is 5. The molecule has 0 bridgehead atoms. The van der Waals surface area contributed by atoms with E-state index in [9.17, 15) is 4.79 Å². The summed E-state index contributed by atoms with van der Waals surface area (Å²) in [5.74, 6) is -0.0456. The number of morpholine rings is 1. The van der Waals surface area contributed by atoms with Crippen LogP contribution in [0.4, 0.5) is 0 Å². The second-order valence-electron chi connectivity index (χ2n) is 8.25. The fourth-order valence-corrected chi connectivity index (χ4v) is 4.91. The smallest absolute Gasteiger partial charge is 0.271 e. The lowest BCUT2D eigenvalue weighted by molar-refractivity contribution is -0.0361. The summed E-state index contributed by atoms with van der Waals surface area (Å²) in [6.07, 6.45) is 10.4. The molecule has 1 unspecified atom stereocenters. The number of ether oxygens (including phenoxy) is 1. The molecule has 1 aliphatic carbocycles. The molecule has 0 radical (unpaired) electrons. The van der Waals surface area contributed by atoms with E-state index >= 15 is 0 Å². The molecular weight excluding hydrogens is 342 g/mol. The molecule has 3 fully saturated rings. The van der Waals surface area contributed by atoms with Gasteiger partial charge in [-0.2, -0.15) is 5.10 Å². The zero-order valence-corrected chi connectivity index (χ0v) is 16.3. The van der Waals surface area contributed by atoms with E-state index in [1.54, 1.807) is 0 Å². The van der Waals surface area contributed by atoms with Gasteiger partial charge >= 0.3 is 0 Å². The van der Waals surface area contributed by atoms with Gasteiger partial charge in [-0.05, 0) is 38.3 Å². The van der Waals surface area contributed by atoms with E-state index in [1.165, 1.54) is 19.3 Å². The van der Waals surface area contributed by atoms with E-state index in [-0.39, 0.29) is 11.4 Å². The summed E-state index contributed by atoms with van der Waals surface area (Å²) in [7, 11) is 0. The van der Waals surface area contributed by atoms with Gasteiger partial charge in [0.25, 0.3) is 5.91 Å². The van der Waals surface area contributed by atoms with E-state index in [1.807, 2.05) is 16.9 Å². The van der Waals surface area contributed by atoms with Gasteiger partial charge in [-0.25, -0.2) is 0 Å². The van der Waals surface area contributed by atoms with Crippen molar-refractivity contribution in [2.24, 2.45) is 0 Å². The lowest BCUT2D eigenvalue weighted by Gasteiger charge is -2.48. The SMILES string of the molecule is O=C(NCC1(N2CCOCC2)CCCCC1)c1ccn(C2CCCNC2)n1. The number of hydrogen-bond donors (Lipinski definition) is 2. The van der Waals surface area contributed by atoms with E-state index in [0.717, 1.165) is 65.1 Å². The number of aromatic nitrogens is 2. The van der Waals surface area contributed by atoms with Crippen LogP contribution in [0.1, 0.15) is 61.5 Å². The van der Waals surface area contributed by atoms with Gasteiger partial charge in [-0.3, -0.25) is 14.4 Å². The minimum Gasteiger partial charge on any atom is -0.379 e. The van der Waals surface area contributed by atoms with Crippen LogP contribution < -0.4 is 10.6 Å². The van der Waals surface area contributed by atoms with Crippen molar-refractivity contribution in [1.82, 2.24) is 25.3 Å². The third-order valence-electron chi connectivity index (χ3n) is 6.53. The van der Waals surface area contributed by atoms with Gasteiger partial charge in [0.1, 0.15) is 5.69 Å². The van der Waals surface area contributed by atoms with E-state index in [0.29, 0.717) is 18.3 Å². The van der Waals surface area contributed by atoms with Crippen molar-refractivity contribution in [3.8, 4) is 0 Å². The van der Waals surface area contributed by atoms with Gasteiger partial charge in [0.05, 0.1) is 19.3 Å². The first-order valence-electron chi connectivity index (χ1n) is 10.6. The summed E-state index contributed by atoms with van der Waals surface area (Å²) < 4.78 is 7.50. The maximum atomic E-state index is 12.8. The molecule has 4 rings (SSSR count). The van der Waals surface area contributed by atoms with Gasteiger partial charge in [-0.15, -0.1) is 0 Å². The highest BCUT2D eigenvalue weighted by atomic mass is 16.5. The topological polar surface area (TPSA) is 71.4 Å². The molecule has 2 N–H and O–H groups in total. The van der Waals surface area contributed by atoms with Gasteiger partial charge in [0.2, 0.25) is 0 Å². The molecule has 27 heavy (non-hydrogen) atoms. The van der Waals surface area contributed by atoms with Crippen molar-refractivity contribution in [1.29, 1.82) is 0 Å². The normalized spacial score (nSPS) is 26.6. The molecule has 1 aromatic rings. The van der Waals surface area contributed by atoms with Gasteiger partial charge in [0, 0.05) is 37.9 Å². The van der Waals surface area contributed by atoms with Crippen LogP contribution in [0.2, 0.25) is 0 Å². The van der Waals surface area contributed by atoms with Crippen LogP contribution in [0.25, 0.3) is 0 Å². The van der Waals surface area contributed by atoms with Crippen LogP contribution in [0, 0.1) is 0 Å². The molecule has 7 nitrogen and oxygen atoms in total. The third kappa shape index (κ3) is 4.36. The first kappa shape index (κ1) is 18.9. The molecule has 7 heteroatoms. The van der Waals surface area contributed by atoms with Gasteiger partial charge in [-0.1, -0.05) is 19.3 Å². The lowest BCUT2D eigenvalue weighted by Crippen LogP contribution is -2.59. The predicted molar refractivity (Wildman–Crippen MR) is 104 cm³/mol. The van der Waals surface area contributed by atoms with Crippen LogP contribution in [-0.2, 0) is 4.74 Å². The molecule has 1 aromatic heterocycles. The van der Waals surface area contributed by atoms with Crippen LogP contribution in [0.15, 0.2) is 12.3 Å². The molecule has 1 atom stereocenters.